The minimum absolute atomic E-state index is 0.0551. The third-order valence-electron chi connectivity index (χ3n) is 21.8. The Hall–Kier alpha value is -14.2. The Balaban J connectivity index is 0.000000157. The van der Waals surface area contributed by atoms with Crippen LogP contribution in [0.15, 0.2) is 218 Å². The zero-order valence-electron chi connectivity index (χ0n) is 69.7. The Morgan fingerprint density at radius 2 is 0.860 bits per heavy atom. The number of likely N-dealkylation sites (tertiary alicyclic amines) is 3. The molecule has 28 heteroatoms. The third kappa shape index (κ3) is 19.7. The number of aromatic nitrogens is 12. The maximum atomic E-state index is 13.6. The van der Waals surface area contributed by atoms with Crippen molar-refractivity contribution < 1.29 is 33.3 Å². The molecule has 1 unspecified atom stereocenters. The number of benzene rings is 6. The highest BCUT2D eigenvalue weighted by Gasteiger charge is 2.37. The van der Waals surface area contributed by atoms with Gasteiger partial charge in [-0.2, -0.15) is 15.3 Å². The van der Waals surface area contributed by atoms with E-state index < -0.39 is 5.60 Å². The van der Waals surface area contributed by atoms with Crippen LogP contribution in [-0.2, 0) is 25.7 Å². The number of piperidine rings is 2. The second-order valence-electron chi connectivity index (χ2n) is 32.2. The summed E-state index contributed by atoms with van der Waals surface area (Å²) in [5.41, 5.74) is 25.4. The van der Waals surface area contributed by atoms with Crippen LogP contribution in [0.5, 0.6) is 34.5 Å². The highest BCUT2D eigenvalue weighted by atomic mass is 16.5. The van der Waals surface area contributed by atoms with Crippen LogP contribution in [0.25, 0.3) is 81.4 Å². The lowest BCUT2D eigenvalue weighted by molar-refractivity contribution is -0.129. The van der Waals surface area contributed by atoms with Gasteiger partial charge < -0.3 is 50.8 Å². The number of anilines is 3. The Morgan fingerprint density at radius 3 is 1.26 bits per heavy atom. The molecular formula is C93H99N21O7. The second-order valence-corrected chi connectivity index (χ2v) is 32.2. The third-order valence-corrected chi connectivity index (χ3v) is 21.8. The van der Waals surface area contributed by atoms with Crippen molar-refractivity contribution >= 4 is 68.3 Å². The van der Waals surface area contributed by atoms with Crippen LogP contribution in [0.2, 0.25) is 0 Å². The molecule has 0 saturated carbocycles. The first kappa shape index (κ1) is 84.7. The van der Waals surface area contributed by atoms with E-state index in [1.165, 1.54) is 19.0 Å². The molecule has 3 amide bonds. The summed E-state index contributed by atoms with van der Waals surface area (Å²) in [4.78, 5) is 82.6. The van der Waals surface area contributed by atoms with Gasteiger partial charge in [-0.3, -0.25) is 14.4 Å². The standard InChI is InChI=1S/C32H35N7O2.C31H33N7O3.C30H31N7O2/c1-6-32(3,4)21(2)27(34-5)31(40)38-18-10-11-23(19-38)39-30-26(29(33)35-20-36-30)28(37-39)22-14-16-25(17-15-22)41-24-12-8-7-9-13-24;1-5-40-31(2,3)18-25(33-4)30(39)37-17-9-10-22(19-37)38-29-26(28(32)34-20-35-29)27(36-38)21-13-15-24(16-14-21)41-23-11-7-6-8-12-23;1-30(2,3)17-24(32-4)29(38)36-16-8-9-21(36)18-37-28-25(27(31)33-19-34-28)26(35-37)20-12-14-23(15-13-20)39-22-10-6-5-7-11-22/h7-9,12-17,20,23H,6,10-11,18-19H2,1-4H3,(H2,33,35,36);6-8,11-16,18,20,22H,5,9-10,17,19H2,1-3H3,(H2,32,34,35);5-7,10-15,17,19,21H,8-9,16,18H2,1-3H3,(H2,31,33,34)/b27-21-;25-18-;/t23-;22-;/m10./s1. The summed E-state index contributed by atoms with van der Waals surface area (Å²) >= 11 is 0. The number of amides is 3. The molecule has 618 valence electrons. The average molecular weight is 1620 g/mol. The molecule has 12 aromatic rings. The zero-order chi connectivity index (χ0) is 85.7. The van der Waals surface area contributed by atoms with Gasteiger partial charge in [0.15, 0.2) is 16.9 Å². The van der Waals surface area contributed by atoms with Gasteiger partial charge in [0, 0.05) is 56.0 Å². The molecule has 3 saturated heterocycles. The monoisotopic (exact) mass is 1620 g/mol. The lowest BCUT2D eigenvalue weighted by Gasteiger charge is -2.34. The van der Waals surface area contributed by atoms with E-state index in [4.69, 9.17) is 71.2 Å². The van der Waals surface area contributed by atoms with E-state index >= 15 is 0 Å². The zero-order valence-corrected chi connectivity index (χ0v) is 69.7. The first-order valence-corrected chi connectivity index (χ1v) is 40.5. The van der Waals surface area contributed by atoms with E-state index in [2.05, 4.69) is 65.2 Å². The predicted molar refractivity (Wildman–Crippen MR) is 467 cm³/mol. The molecule has 6 aromatic heterocycles. The summed E-state index contributed by atoms with van der Waals surface area (Å²) in [6, 6.07) is 51.3. The van der Waals surface area contributed by atoms with E-state index in [0.717, 1.165) is 84.5 Å². The fraction of sp³-hybridized carbons (Fsp3) is 0.323. The molecule has 6 aromatic carbocycles. The van der Waals surface area contributed by atoms with Crippen molar-refractivity contribution in [2.45, 2.75) is 144 Å². The largest absolute Gasteiger partial charge is 0.457 e. The maximum absolute atomic E-state index is 13.6. The van der Waals surface area contributed by atoms with Crippen molar-refractivity contribution in [3.8, 4) is 68.3 Å². The number of nitrogen functional groups attached to an aromatic ring is 3. The number of allylic oxidation sites excluding steroid dienone is 2. The van der Waals surface area contributed by atoms with Crippen LogP contribution in [0.4, 0.5) is 17.5 Å². The molecule has 0 radical (unpaired) electrons. The number of ether oxygens (including phenoxy) is 4. The van der Waals surface area contributed by atoms with Gasteiger partial charge >= 0.3 is 0 Å². The van der Waals surface area contributed by atoms with Crippen molar-refractivity contribution in [2.24, 2.45) is 10.8 Å². The van der Waals surface area contributed by atoms with E-state index in [-0.39, 0.29) is 63.8 Å². The minimum Gasteiger partial charge on any atom is -0.457 e. The number of hydrogen-bond acceptors (Lipinski definition) is 19. The first-order chi connectivity index (χ1) is 58.3. The highest BCUT2D eigenvalue weighted by molar-refractivity contribution is 6.01. The van der Waals surface area contributed by atoms with Gasteiger partial charge in [-0.25, -0.2) is 58.5 Å². The molecule has 3 atom stereocenters. The molecule has 3 aliphatic rings. The molecule has 0 spiro atoms. The smallest absolute Gasteiger partial charge is 0.252 e. The van der Waals surface area contributed by atoms with Crippen LogP contribution in [0.3, 0.4) is 0 Å². The number of carbonyl (C=O) groups is 3. The van der Waals surface area contributed by atoms with Crippen molar-refractivity contribution in [3.63, 3.8) is 0 Å². The SMILES string of the molecule is [C-]#[N+]/C(=C\C(C)(C)OCC)C(=O)N1CCC[C@H](n2nc(-c3ccc(Oc4ccccc4)cc3)c3c(N)ncnc32)C1.[C-]#[N+]/C(C(=O)N1CCC[C@@H](n2nc(-c3ccc(Oc4ccccc4)cc3)c3c(N)ncnc32)C1)=C(/C)C(C)(C)CC.[C-]#[N+]C(=CC(C)(C)C)C(=O)N1CCCC1Cn1nc(-c2ccc(Oc3ccccc3)cc2)c2c(N)ncnc21. The lowest BCUT2D eigenvalue weighted by atomic mass is 9.81. The fourth-order valence-electron chi connectivity index (χ4n) is 15.1. The van der Waals surface area contributed by atoms with Crippen LogP contribution >= 0.6 is 0 Å². The molecule has 0 bridgehead atoms. The number of fused-ring (bicyclic) bond motifs is 3. The van der Waals surface area contributed by atoms with Gasteiger partial charge in [-0.15, -0.1) is 0 Å². The number of nitrogens with zero attached hydrogens (tertiary/aromatic N) is 18. The molecule has 6 N–H and O–H groups in total. The van der Waals surface area contributed by atoms with E-state index in [1.54, 1.807) is 31.5 Å². The average Bonchev–Trinajstić information content (AvgIpc) is 1.63. The topological polar surface area (TPSA) is 320 Å². The first-order valence-electron chi connectivity index (χ1n) is 40.5. The molecule has 0 aliphatic carbocycles. The molecular weight excluding hydrogens is 1520 g/mol. The molecule has 15 rings (SSSR count). The fourth-order valence-corrected chi connectivity index (χ4v) is 15.1. The number of rotatable bonds is 21. The molecule has 121 heavy (non-hydrogen) atoms. The van der Waals surface area contributed by atoms with Gasteiger partial charge in [-0.1, -0.05) is 115 Å². The Morgan fingerprint density at radius 1 is 0.471 bits per heavy atom. The predicted octanol–water partition coefficient (Wildman–Crippen LogP) is 18.0. The Bertz CT molecular complexity index is 5950. The summed E-state index contributed by atoms with van der Waals surface area (Å²) in [5, 5.41) is 16.8. The Kier molecular flexibility index (Phi) is 26.0. The maximum Gasteiger partial charge on any atom is 0.252 e. The number of para-hydroxylation sites is 3. The van der Waals surface area contributed by atoms with Gasteiger partial charge in [0.1, 0.15) is 88.0 Å². The van der Waals surface area contributed by atoms with Crippen molar-refractivity contribution in [1.29, 1.82) is 0 Å². The second kappa shape index (κ2) is 37.2. The number of hydrogen-bond donors (Lipinski definition) is 3. The number of nitrogens with two attached hydrogens (primary N) is 3. The van der Waals surface area contributed by atoms with Crippen molar-refractivity contribution in [3.05, 3.63) is 252 Å². The van der Waals surface area contributed by atoms with Crippen LogP contribution in [0, 0.1) is 30.5 Å². The summed E-state index contributed by atoms with van der Waals surface area (Å²) in [6.45, 7) is 46.1. The summed E-state index contributed by atoms with van der Waals surface area (Å²) < 4.78 is 29.0. The quantitative estimate of drug-likeness (QED) is 0.0444. The minimum atomic E-state index is -0.720. The van der Waals surface area contributed by atoms with Gasteiger partial charge in [0.05, 0.1) is 66.1 Å². The van der Waals surface area contributed by atoms with E-state index in [0.29, 0.717) is 131 Å². The van der Waals surface area contributed by atoms with Crippen LogP contribution in [0.1, 0.15) is 126 Å². The number of carbonyl (C=O) groups excluding carboxylic acids is 3. The normalized spacial score (nSPS) is 16.1. The molecule has 28 nitrogen and oxygen atoms in total. The molecule has 3 aliphatic heterocycles. The molecule has 9 heterocycles. The summed E-state index contributed by atoms with van der Waals surface area (Å²) in [6.07, 6.45) is 13.4. The summed E-state index contributed by atoms with van der Waals surface area (Å²) in [7, 11) is 0. The van der Waals surface area contributed by atoms with Crippen molar-refractivity contribution in [2.75, 3.05) is 56.5 Å². The van der Waals surface area contributed by atoms with Gasteiger partial charge in [-0.05, 0) is 192 Å². The van der Waals surface area contributed by atoms with E-state index in [9.17, 15) is 14.4 Å². The molecule has 3 fully saturated rings. The summed E-state index contributed by atoms with van der Waals surface area (Å²) in [5.74, 6) is 4.64. The van der Waals surface area contributed by atoms with Crippen molar-refractivity contribution in [1.82, 2.24) is 73.9 Å². The van der Waals surface area contributed by atoms with Crippen LogP contribution < -0.4 is 31.4 Å². The highest BCUT2D eigenvalue weighted by Crippen LogP contribution is 2.41. The van der Waals surface area contributed by atoms with Gasteiger partial charge in [0.2, 0.25) is 17.1 Å². The van der Waals surface area contributed by atoms with Gasteiger partial charge in [0.25, 0.3) is 17.7 Å². The lowest BCUT2D eigenvalue weighted by Crippen LogP contribution is -2.41. The Labute approximate surface area is 703 Å². The van der Waals surface area contributed by atoms with Crippen LogP contribution in [-0.4, -0.2) is 143 Å². The van der Waals surface area contributed by atoms with E-state index in [1.807, 2.05) is 222 Å².